The molecule has 3 rings (SSSR count). The topological polar surface area (TPSA) is 46.4 Å². The molecule has 0 atom stereocenters. The van der Waals surface area contributed by atoms with E-state index in [0.29, 0.717) is 12.8 Å². The number of aromatic nitrogens is 1. The predicted octanol–water partition coefficient (Wildman–Crippen LogP) is 3.07. The molecule has 0 aliphatic heterocycles. The van der Waals surface area contributed by atoms with Crippen molar-refractivity contribution < 1.29 is 4.79 Å². The number of hydrogen-bond acceptors (Lipinski definition) is 2. The lowest BCUT2D eigenvalue weighted by molar-refractivity contribution is -0.120. The van der Waals surface area contributed by atoms with Gasteiger partial charge in [0.15, 0.2) is 0 Å². The Morgan fingerprint density at radius 3 is 2.70 bits per heavy atom. The van der Waals surface area contributed by atoms with Gasteiger partial charge in [0.25, 0.3) is 0 Å². The SMILES string of the molecule is Cn1cc(C/C=N/NC(=O)Cc2ccccc2)c2ccccc21. The Morgan fingerprint density at radius 2 is 1.87 bits per heavy atom. The van der Waals surface area contributed by atoms with Crippen LogP contribution in [0.4, 0.5) is 0 Å². The van der Waals surface area contributed by atoms with E-state index in [2.05, 4.69) is 33.4 Å². The van der Waals surface area contributed by atoms with E-state index in [0.717, 1.165) is 5.56 Å². The second-order valence-corrected chi connectivity index (χ2v) is 5.50. The summed E-state index contributed by atoms with van der Waals surface area (Å²) in [5.74, 6) is -0.106. The van der Waals surface area contributed by atoms with Crippen LogP contribution in [0.5, 0.6) is 0 Å². The second kappa shape index (κ2) is 6.92. The average molecular weight is 305 g/mol. The molecule has 23 heavy (non-hydrogen) atoms. The zero-order chi connectivity index (χ0) is 16.1. The van der Waals surface area contributed by atoms with E-state index in [9.17, 15) is 4.79 Å². The van der Waals surface area contributed by atoms with E-state index >= 15 is 0 Å². The van der Waals surface area contributed by atoms with Gasteiger partial charge < -0.3 is 4.57 Å². The Morgan fingerprint density at radius 1 is 1.13 bits per heavy atom. The summed E-state index contributed by atoms with van der Waals surface area (Å²) >= 11 is 0. The molecule has 1 aromatic heterocycles. The highest BCUT2D eigenvalue weighted by Crippen LogP contribution is 2.19. The van der Waals surface area contributed by atoms with E-state index in [1.54, 1.807) is 6.21 Å². The lowest BCUT2D eigenvalue weighted by atomic mass is 10.1. The van der Waals surface area contributed by atoms with E-state index in [1.807, 2.05) is 49.5 Å². The fraction of sp³-hybridized carbons (Fsp3) is 0.158. The molecule has 0 radical (unpaired) electrons. The molecule has 1 N–H and O–H groups in total. The smallest absolute Gasteiger partial charge is 0.244 e. The maximum atomic E-state index is 11.8. The number of hydrogen-bond donors (Lipinski definition) is 1. The van der Waals surface area contributed by atoms with Crippen LogP contribution in [0.1, 0.15) is 11.1 Å². The van der Waals surface area contributed by atoms with Crippen molar-refractivity contribution in [3.8, 4) is 0 Å². The quantitative estimate of drug-likeness (QED) is 0.571. The third-order valence-corrected chi connectivity index (χ3v) is 3.78. The molecule has 4 nitrogen and oxygen atoms in total. The molecule has 0 unspecified atom stereocenters. The summed E-state index contributed by atoms with van der Waals surface area (Å²) in [7, 11) is 2.03. The zero-order valence-corrected chi connectivity index (χ0v) is 13.1. The fourth-order valence-corrected chi connectivity index (χ4v) is 2.67. The number of carbonyl (C=O) groups is 1. The Balaban J connectivity index is 1.57. The summed E-state index contributed by atoms with van der Waals surface area (Å²) in [5, 5.41) is 5.26. The Kier molecular flexibility index (Phi) is 4.52. The summed E-state index contributed by atoms with van der Waals surface area (Å²) in [6.45, 7) is 0. The summed E-state index contributed by atoms with van der Waals surface area (Å²) in [6, 6.07) is 17.9. The Labute approximate surface area is 135 Å². The van der Waals surface area contributed by atoms with Crippen LogP contribution in [-0.2, 0) is 24.7 Å². The van der Waals surface area contributed by atoms with Crippen LogP contribution in [-0.4, -0.2) is 16.7 Å². The Hall–Kier alpha value is -2.88. The van der Waals surface area contributed by atoms with Gasteiger partial charge in [-0.2, -0.15) is 5.10 Å². The fourth-order valence-electron chi connectivity index (χ4n) is 2.67. The largest absolute Gasteiger partial charge is 0.350 e. The number of aryl methyl sites for hydroxylation is 1. The van der Waals surface area contributed by atoms with E-state index < -0.39 is 0 Å². The minimum absolute atomic E-state index is 0.106. The maximum Gasteiger partial charge on any atom is 0.244 e. The molecule has 1 heterocycles. The van der Waals surface area contributed by atoms with Gasteiger partial charge in [-0.25, -0.2) is 5.43 Å². The van der Waals surface area contributed by atoms with Crippen LogP contribution in [0.2, 0.25) is 0 Å². The number of fused-ring (bicyclic) bond motifs is 1. The van der Waals surface area contributed by atoms with Gasteiger partial charge in [-0.15, -0.1) is 0 Å². The van der Waals surface area contributed by atoms with Gasteiger partial charge in [0.05, 0.1) is 6.42 Å². The third kappa shape index (κ3) is 3.66. The van der Waals surface area contributed by atoms with Crippen molar-refractivity contribution in [1.29, 1.82) is 0 Å². The van der Waals surface area contributed by atoms with Crippen LogP contribution in [0.25, 0.3) is 10.9 Å². The first-order valence-corrected chi connectivity index (χ1v) is 7.61. The first-order chi connectivity index (χ1) is 11.2. The number of carbonyl (C=O) groups excluding carboxylic acids is 1. The summed E-state index contributed by atoms with van der Waals surface area (Å²) < 4.78 is 2.10. The number of para-hydroxylation sites is 1. The molecule has 116 valence electrons. The van der Waals surface area contributed by atoms with Crippen molar-refractivity contribution >= 4 is 23.0 Å². The summed E-state index contributed by atoms with van der Waals surface area (Å²) in [6.07, 6.45) is 4.87. The minimum atomic E-state index is -0.106. The zero-order valence-electron chi connectivity index (χ0n) is 13.1. The first-order valence-electron chi connectivity index (χ1n) is 7.61. The molecule has 0 aliphatic carbocycles. The molecule has 0 fully saturated rings. The first kappa shape index (κ1) is 15.0. The number of amides is 1. The molecule has 2 aromatic carbocycles. The molecule has 0 saturated heterocycles. The molecule has 1 amide bonds. The van der Waals surface area contributed by atoms with Gasteiger partial charge in [0.2, 0.25) is 5.91 Å². The van der Waals surface area contributed by atoms with Gasteiger partial charge >= 0.3 is 0 Å². The normalized spacial score (nSPS) is 11.2. The molecule has 0 bridgehead atoms. The highest BCUT2D eigenvalue weighted by atomic mass is 16.2. The molecule has 0 aliphatic rings. The van der Waals surface area contributed by atoms with Gasteiger partial charge in [0.1, 0.15) is 0 Å². The number of benzene rings is 2. The highest BCUT2D eigenvalue weighted by Gasteiger charge is 2.04. The highest BCUT2D eigenvalue weighted by molar-refractivity contribution is 5.86. The monoisotopic (exact) mass is 305 g/mol. The van der Waals surface area contributed by atoms with Gasteiger partial charge in [-0.1, -0.05) is 48.5 Å². The Bertz CT molecular complexity index is 834. The molecule has 3 aromatic rings. The van der Waals surface area contributed by atoms with E-state index in [1.165, 1.54) is 16.5 Å². The van der Waals surface area contributed by atoms with Crippen molar-refractivity contribution in [2.45, 2.75) is 12.8 Å². The number of nitrogens with one attached hydrogen (secondary N) is 1. The van der Waals surface area contributed by atoms with Gasteiger partial charge in [0, 0.05) is 36.8 Å². The van der Waals surface area contributed by atoms with Crippen LogP contribution in [0.15, 0.2) is 65.9 Å². The lowest BCUT2D eigenvalue weighted by Crippen LogP contribution is -2.19. The number of nitrogens with zero attached hydrogens (tertiary/aromatic N) is 2. The molecule has 0 spiro atoms. The van der Waals surface area contributed by atoms with E-state index in [-0.39, 0.29) is 5.91 Å². The average Bonchev–Trinajstić information content (AvgIpc) is 2.89. The van der Waals surface area contributed by atoms with Crippen LogP contribution < -0.4 is 5.43 Å². The van der Waals surface area contributed by atoms with Crippen molar-refractivity contribution in [2.75, 3.05) is 0 Å². The molecule has 4 heteroatoms. The number of rotatable bonds is 5. The standard InChI is InChI=1S/C19H19N3O/c1-22-14-16(17-9-5-6-10-18(17)22)11-12-20-21-19(23)13-15-7-3-2-4-8-15/h2-10,12,14H,11,13H2,1H3,(H,21,23)/b20-12+. The molecular formula is C19H19N3O. The van der Waals surface area contributed by atoms with Crippen molar-refractivity contribution in [3.05, 3.63) is 71.9 Å². The summed E-state index contributed by atoms with van der Waals surface area (Å²) in [5.41, 5.74) is 5.96. The third-order valence-electron chi connectivity index (χ3n) is 3.78. The van der Waals surface area contributed by atoms with Crippen LogP contribution in [0, 0.1) is 0 Å². The van der Waals surface area contributed by atoms with Crippen LogP contribution in [0.3, 0.4) is 0 Å². The van der Waals surface area contributed by atoms with Gasteiger partial charge in [-0.05, 0) is 17.2 Å². The van der Waals surface area contributed by atoms with Crippen molar-refractivity contribution in [3.63, 3.8) is 0 Å². The van der Waals surface area contributed by atoms with Gasteiger partial charge in [-0.3, -0.25) is 4.79 Å². The minimum Gasteiger partial charge on any atom is -0.350 e. The lowest BCUT2D eigenvalue weighted by Gasteiger charge is -1.99. The molecular weight excluding hydrogens is 286 g/mol. The predicted molar refractivity (Wildman–Crippen MR) is 93.4 cm³/mol. The van der Waals surface area contributed by atoms with Crippen LogP contribution >= 0.6 is 0 Å². The van der Waals surface area contributed by atoms with Crippen molar-refractivity contribution in [1.82, 2.24) is 9.99 Å². The van der Waals surface area contributed by atoms with E-state index in [4.69, 9.17) is 0 Å². The molecule has 0 saturated carbocycles. The maximum absolute atomic E-state index is 11.8. The van der Waals surface area contributed by atoms with Crippen molar-refractivity contribution in [2.24, 2.45) is 12.1 Å². The second-order valence-electron chi connectivity index (χ2n) is 5.50. The summed E-state index contributed by atoms with van der Waals surface area (Å²) in [4.78, 5) is 11.8. The number of hydrazone groups is 1.